The number of aromatic amines is 1. The molecule has 0 aliphatic rings. The van der Waals surface area contributed by atoms with Gasteiger partial charge in [-0.3, -0.25) is 5.10 Å². The zero-order chi connectivity index (χ0) is 9.97. The van der Waals surface area contributed by atoms with Crippen molar-refractivity contribution in [2.45, 2.75) is 20.4 Å². The Kier molecular flexibility index (Phi) is 2.50. The smallest absolute Gasteiger partial charge is 0.0926 e. The number of H-pyrrole nitrogens is 1. The molecule has 1 heterocycles. The molecule has 1 aromatic carbocycles. The van der Waals surface area contributed by atoms with Crippen molar-refractivity contribution in [2.75, 3.05) is 6.54 Å². The SMILES string of the molecule is CCNCc1[nH]nc2cccc(C)c12. The summed E-state index contributed by atoms with van der Waals surface area (Å²) >= 11 is 0. The number of aryl methyl sites for hydroxylation is 1. The van der Waals surface area contributed by atoms with E-state index in [-0.39, 0.29) is 0 Å². The molecule has 2 aromatic rings. The van der Waals surface area contributed by atoms with Gasteiger partial charge in [0.1, 0.15) is 0 Å². The summed E-state index contributed by atoms with van der Waals surface area (Å²) in [7, 11) is 0. The van der Waals surface area contributed by atoms with Gasteiger partial charge in [0, 0.05) is 11.9 Å². The third kappa shape index (κ3) is 1.51. The van der Waals surface area contributed by atoms with Gasteiger partial charge in [0.2, 0.25) is 0 Å². The van der Waals surface area contributed by atoms with Crippen LogP contribution in [0.5, 0.6) is 0 Å². The molecule has 14 heavy (non-hydrogen) atoms. The standard InChI is InChI=1S/C11H15N3/c1-3-12-7-10-11-8(2)5-4-6-9(11)13-14-10/h4-6,12H,3,7H2,1-2H3,(H,13,14). The Balaban J connectivity index is 2.45. The number of hydrogen-bond acceptors (Lipinski definition) is 2. The molecule has 2 N–H and O–H groups in total. The molecule has 0 atom stereocenters. The fourth-order valence-corrected chi connectivity index (χ4v) is 1.70. The highest BCUT2D eigenvalue weighted by molar-refractivity contribution is 5.84. The number of nitrogens with one attached hydrogen (secondary N) is 2. The Hall–Kier alpha value is -1.35. The third-order valence-corrected chi connectivity index (χ3v) is 2.42. The van der Waals surface area contributed by atoms with E-state index in [0.29, 0.717) is 0 Å². The van der Waals surface area contributed by atoms with Crippen molar-refractivity contribution in [3.8, 4) is 0 Å². The van der Waals surface area contributed by atoms with Gasteiger partial charge in [-0.25, -0.2) is 0 Å². The van der Waals surface area contributed by atoms with Crippen molar-refractivity contribution in [1.29, 1.82) is 0 Å². The Morgan fingerprint density at radius 1 is 1.43 bits per heavy atom. The van der Waals surface area contributed by atoms with E-state index >= 15 is 0 Å². The summed E-state index contributed by atoms with van der Waals surface area (Å²) in [6, 6.07) is 6.19. The van der Waals surface area contributed by atoms with Crippen molar-refractivity contribution < 1.29 is 0 Å². The molecule has 0 aliphatic heterocycles. The minimum absolute atomic E-state index is 0.859. The number of rotatable bonds is 3. The summed E-state index contributed by atoms with van der Waals surface area (Å²) in [5, 5.41) is 11.9. The molecule has 0 amide bonds. The average molecular weight is 189 g/mol. The summed E-state index contributed by atoms with van der Waals surface area (Å²) in [5.74, 6) is 0. The van der Waals surface area contributed by atoms with Crippen molar-refractivity contribution in [3.63, 3.8) is 0 Å². The van der Waals surface area contributed by atoms with Gasteiger partial charge < -0.3 is 5.32 Å². The molecule has 0 spiro atoms. The van der Waals surface area contributed by atoms with Crippen LogP contribution in [-0.2, 0) is 6.54 Å². The zero-order valence-electron chi connectivity index (χ0n) is 8.59. The van der Waals surface area contributed by atoms with Gasteiger partial charge in [0.15, 0.2) is 0 Å². The minimum Gasteiger partial charge on any atom is -0.311 e. The minimum atomic E-state index is 0.859. The molecule has 0 aliphatic carbocycles. The lowest BCUT2D eigenvalue weighted by Gasteiger charge is -2.00. The van der Waals surface area contributed by atoms with Crippen LogP contribution in [0.25, 0.3) is 10.9 Å². The van der Waals surface area contributed by atoms with Crippen molar-refractivity contribution in [1.82, 2.24) is 15.5 Å². The average Bonchev–Trinajstić information content (AvgIpc) is 2.59. The van der Waals surface area contributed by atoms with E-state index < -0.39 is 0 Å². The molecular formula is C11H15N3. The summed E-state index contributed by atoms with van der Waals surface area (Å²) in [6.45, 7) is 6.06. The molecular weight excluding hydrogens is 174 g/mol. The predicted molar refractivity (Wildman–Crippen MR) is 58.2 cm³/mol. The highest BCUT2D eigenvalue weighted by Crippen LogP contribution is 2.19. The lowest BCUT2D eigenvalue weighted by molar-refractivity contribution is 0.711. The molecule has 3 nitrogen and oxygen atoms in total. The van der Waals surface area contributed by atoms with Gasteiger partial charge in [-0.15, -0.1) is 0 Å². The van der Waals surface area contributed by atoms with Crippen LogP contribution in [0.15, 0.2) is 18.2 Å². The maximum Gasteiger partial charge on any atom is 0.0926 e. The fourth-order valence-electron chi connectivity index (χ4n) is 1.70. The topological polar surface area (TPSA) is 40.7 Å². The van der Waals surface area contributed by atoms with Crippen LogP contribution in [0, 0.1) is 6.92 Å². The van der Waals surface area contributed by atoms with Crippen molar-refractivity contribution in [2.24, 2.45) is 0 Å². The first-order valence-corrected chi connectivity index (χ1v) is 4.96. The maximum absolute atomic E-state index is 4.27. The Bertz CT molecular complexity index is 431. The van der Waals surface area contributed by atoms with Gasteiger partial charge in [0.25, 0.3) is 0 Å². The Morgan fingerprint density at radius 2 is 2.29 bits per heavy atom. The molecule has 0 saturated carbocycles. The van der Waals surface area contributed by atoms with Gasteiger partial charge in [0.05, 0.1) is 11.2 Å². The number of nitrogens with zero attached hydrogens (tertiary/aromatic N) is 1. The van der Waals surface area contributed by atoms with Crippen LogP contribution >= 0.6 is 0 Å². The molecule has 0 fully saturated rings. The molecule has 3 heteroatoms. The second-order valence-electron chi connectivity index (χ2n) is 3.45. The van der Waals surface area contributed by atoms with Crippen LogP contribution in [0.1, 0.15) is 18.2 Å². The highest BCUT2D eigenvalue weighted by atomic mass is 15.1. The lowest BCUT2D eigenvalue weighted by Crippen LogP contribution is -2.12. The summed E-state index contributed by atoms with van der Waals surface area (Å²) in [4.78, 5) is 0. The lowest BCUT2D eigenvalue weighted by atomic mass is 10.1. The second-order valence-corrected chi connectivity index (χ2v) is 3.45. The number of benzene rings is 1. The first-order chi connectivity index (χ1) is 6.83. The van der Waals surface area contributed by atoms with Gasteiger partial charge >= 0.3 is 0 Å². The third-order valence-electron chi connectivity index (χ3n) is 2.42. The highest BCUT2D eigenvalue weighted by Gasteiger charge is 2.05. The maximum atomic E-state index is 4.27. The van der Waals surface area contributed by atoms with E-state index in [1.165, 1.54) is 16.6 Å². The number of hydrogen-bond donors (Lipinski definition) is 2. The van der Waals surface area contributed by atoms with E-state index in [9.17, 15) is 0 Å². The second kappa shape index (κ2) is 3.80. The number of fused-ring (bicyclic) bond motifs is 1. The fraction of sp³-hybridized carbons (Fsp3) is 0.364. The van der Waals surface area contributed by atoms with Crippen LogP contribution in [0.3, 0.4) is 0 Å². The van der Waals surface area contributed by atoms with E-state index in [2.05, 4.69) is 35.4 Å². The van der Waals surface area contributed by atoms with E-state index in [1.807, 2.05) is 12.1 Å². The first-order valence-electron chi connectivity index (χ1n) is 4.96. The van der Waals surface area contributed by atoms with E-state index in [4.69, 9.17) is 0 Å². The molecule has 2 rings (SSSR count). The van der Waals surface area contributed by atoms with E-state index in [0.717, 1.165) is 18.6 Å². The largest absolute Gasteiger partial charge is 0.311 e. The monoisotopic (exact) mass is 189 g/mol. The van der Waals surface area contributed by atoms with Crippen LogP contribution in [0.2, 0.25) is 0 Å². The quantitative estimate of drug-likeness (QED) is 0.775. The van der Waals surface area contributed by atoms with Gasteiger partial charge in [-0.2, -0.15) is 5.10 Å². The van der Waals surface area contributed by atoms with Gasteiger partial charge in [-0.1, -0.05) is 19.1 Å². The predicted octanol–water partition coefficient (Wildman–Crippen LogP) is 1.98. The van der Waals surface area contributed by atoms with Crippen molar-refractivity contribution >= 4 is 10.9 Å². The van der Waals surface area contributed by atoms with Crippen LogP contribution in [0.4, 0.5) is 0 Å². The Labute approximate surface area is 83.5 Å². The first kappa shape index (κ1) is 9.21. The van der Waals surface area contributed by atoms with Crippen LogP contribution < -0.4 is 5.32 Å². The summed E-state index contributed by atoms with van der Waals surface area (Å²) in [6.07, 6.45) is 0. The molecule has 74 valence electrons. The molecule has 0 bridgehead atoms. The molecule has 1 aromatic heterocycles. The molecule has 0 saturated heterocycles. The van der Waals surface area contributed by atoms with E-state index in [1.54, 1.807) is 0 Å². The van der Waals surface area contributed by atoms with Crippen LogP contribution in [-0.4, -0.2) is 16.7 Å². The Morgan fingerprint density at radius 3 is 3.07 bits per heavy atom. The summed E-state index contributed by atoms with van der Waals surface area (Å²) in [5.41, 5.74) is 3.52. The zero-order valence-corrected chi connectivity index (χ0v) is 8.59. The molecule has 0 unspecified atom stereocenters. The summed E-state index contributed by atoms with van der Waals surface area (Å²) < 4.78 is 0. The number of aromatic nitrogens is 2. The molecule has 0 radical (unpaired) electrons. The van der Waals surface area contributed by atoms with Gasteiger partial charge in [-0.05, 0) is 25.1 Å². The normalized spacial score (nSPS) is 11.0. The van der Waals surface area contributed by atoms with Crippen molar-refractivity contribution in [3.05, 3.63) is 29.5 Å².